The fraction of sp³-hybridized carbons (Fsp3) is 0.190. The quantitative estimate of drug-likeness (QED) is 0.695. The van der Waals surface area contributed by atoms with E-state index in [1.54, 1.807) is 24.3 Å². The molecule has 27 heavy (non-hydrogen) atoms. The van der Waals surface area contributed by atoms with Gasteiger partial charge in [-0.2, -0.15) is 0 Å². The highest BCUT2D eigenvalue weighted by molar-refractivity contribution is 7.80. The predicted molar refractivity (Wildman–Crippen MR) is 106 cm³/mol. The van der Waals surface area contributed by atoms with Crippen LogP contribution in [0.1, 0.15) is 17.2 Å². The summed E-state index contributed by atoms with van der Waals surface area (Å²) in [6.45, 7) is 1.68. The van der Waals surface area contributed by atoms with Crippen molar-refractivity contribution < 1.29 is 13.7 Å². The number of quaternary nitrogens is 1. The van der Waals surface area contributed by atoms with Crippen LogP contribution in [0.5, 0.6) is 0 Å². The zero-order valence-electron chi connectivity index (χ0n) is 14.9. The fourth-order valence-electron chi connectivity index (χ4n) is 3.69. The van der Waals surface area contributed by atoms with Gasteiger partial charge in [0, 0.05) is 11.1 Å². The molecule has 1 unspecified atom stereocenters. The molecule has 138 valence electrons. The number of hydrogen-bond donors (Lipinski definition) is 3. The van der Waals surface area contributed by atoms with E-state index >= 15 is 0 Å². The van der Waals surface area contributed by atoms with Gasteiger partial charge in [-0.1, -0.05) is 24.3 Å². The van der Waals surface area contributed by atoms with Crippen LogP contribution < -0.4 is 15.5 Å². The van der Waals surface area contributed by atoms with Crippen molar-refractivity contribution in [1.29, 1.82) is 0 Å². The van der Waals surface area contributed by atoms with Crippen molar-refractivity contribution in [1.82, 2.24) is 10.6 Å². The smallest absolute Gasteiger partial charge is 0.171 e. The Morgan fingerprint density at radius 3 is 2.30 bits per heavy atom. The molecule has 4 rings (SSSR count). The Morgan fingerprint density at radius 2 is 1.63 bits per heavy atom. The summed E-state index contributed by atoms with van der Waals surface area (Å²) >= 11 is 5.43. The third-order valence-electron chi connectivity index (χ3n) is 4.90. The first-order valence-electron chi connectivity index (χ1n) is 8.83. The van der Waals surface area contributed by atoms with Crippen molar-refractivity contribution >= 4 is 23.4 Å². The molecule has 0 radical (unpaired) electrons. The first-order valence-corrected chi connectivity index (χ1v) is 9.24. The van der Waals surface area contributed by atoms with Crippen LogP contribution >= 0.6 is 12.2 Å². The van der Waals surface area contributed by atoms with Crippen LogP contribution in [-0.2, 0) is 0 Å². The van der Waals surface area contributed by atoms with Gasteiger partial charge in [-0.3, -0.25) is 0 Å². The maximum Gasteiger partial charge on any atom is 0.171 e. The van der Waals surface area contributed by atoms with E-state index in [2.05, 4.69) is 23.8 Å². The summed E-state index contributed by atoms with van der Waals surface area (Å²) in [7, 11) is 2.14. The Morgan fingerprint density at radius 1 is 1.00 bits per heavy atom. The largest absolute Gasteiger partial charge is 0.352 e. The molecule has 2 aromatic rings. The van der Waals surface area contributed by atoms with E-state index in [1.165, 1.54) is 34.7 Å². The zero-order chi connectivity index (χ0) is 19.0. The summed E-state index contributed by atoms with van der Waals surface area (Å²) in [5.41, 5.74) is 5.24. The molecule has 0 aromatic heterocycles. The fourth-order valence-corrected chi connectivity index (χ4v) is 3.91. The van der Waals surface area contributed by atoms with Gasteiger partial charge in [0.05, 0.1) is 18.8 Å². The zero-order valence-corrected chi connectivity index (χ0v) is 15.7. The minimum absolute atomic E-state index is 0.0961. The van der Waals surface area contributed by atoms with Gasteiger partial charge in [-0.05, 0) is 53.7 Å². The predicted octanol–water partition coefficient (Wildman–Crippen LogP) is 2.35. The number of nitrogens with one attached hydrogen (secondary N) is 3. The number of hydrogen-bond acceptors (Lipinski definition) is 1. The molecule has 0 bridgehead atoms. The van der Waals surface area contributed by atoms with Gasteiger partial charge < -0.3 is 15.5 Å². The van der Waals surface area contributed by atoms with Crippen LogP contribution in [0.2, 0.25) is 0 Å². The molecule has 3 N–H and O–H groups in total. The summed E-state index contributed by atoms with van der Waals surface area (Å²) < 4.78 is 26.6. The molecule has 0 spiro atoms. The van der Waals surface area contributed by atoms with Crippen LogP contribution in [0.25, 0.3) is 6.08 Å². The second-order valence-corrected chi connectivity index (χ2v) is 7.42. The molecule has 0 aliphatic carbocycles. The lowest BCUT2D eigenvalue weighted by atomic mass is 9.89. The third-order valence-corrected chi connectivity index (χ3v) is 5.12. The number of halogens is 2. The number of likely N-dealkylation sites (N-methyl/N-ethyl adjacent to an activating group) is 1. The van der Waals surface area contributed by atoms with E-state index in [9.17, 15) is 8.78 Å². The van der Waals surface area contributed by atoms with Crippen molar-refractivity contribution in [3.63, 3.8) is 0 Å². The summed E-state index contributed by atoms with van der Waals surface area (Å²) in [5.74, 6) is -0.506. The van der Waals surface area contributed by atoms with Crippen LogP contribution in [0, 0.1) is 11.6 Å². The van der Waals surface area contributed by atoms with Gasteiger partial charge in [0.15, 0.2) is 5.11 Å². The molecule has 0 saturated carbocycles. The second kappa shape index (κ2) is 7.21. The molecule has 3 nitrogen and oxygen atoms in total. The van der Waals surface area contributed by atoms with Crippen molar-refractivity contribution in [2.24, 2.45) is 0 Å². The lowest BCUT2D eigenvalue weighted by molar-refractivity contribution is -0.871. The first kappa shape index (κ1) is 17.8. The van der Waals surface area contributed by atoms with Gasteiger partial charge in [-0.25, -0.2) is 8.78 Å². The Bertz CT molecular complexity index is 933. The van der Waals surface area contributed by atoms with Crippen molar-refractivity contribution in [3.05, 3.63) is 88.1 Å². The van der Waals surface area contributed by atoms with Gasteiger partial charge in [0.2, 0.25) is 0 Å². The molecular formula is C21H20F2N3S+. The molecule has 2 aliphatic rings. The number of rotatable bonds is 2. The number of benzene rings is 2. The summed E-state index contributed by atoms with van der Waals surface area (Å²) in [6.07, 6.45) is 2.07. The SMILES string of the molecule is C[NH+]1CC2=C(NC(=S)N[C@H]2c2ccc(F)cc2)/C(=C/c2ccc(F)cc2)C1. The van der Waals surface area contributed by atoms with Crippen LogP contribution in [0.4, 0.5) is 8.78 Å². The topological polar surface area (TPSA) is 28.5 Å². The average molecular weight is 384 g/mol. The Balaban J connectivity index is 1.78. The summed E-state index contributed by atoms with van der Waals surface area (Å²) in [6, 6.07) is 12.9. The van der Waals surface area contributed by atoms with Crippen molar-refractivity contribution in [2.75, 3.05) is 20.1 Å². The summed E-state index contributed by atoms with van der Waals surface area (Å²) in [4.78, 5) is 1.34. The monoisotopic (exact) mass is 384 g/mol. The van der Waals surface area contributed by atoms with E-state index in [-0.39, 0.29) is 17.7 Å². The standard InChI is InChI=1S/C21H19F2N3S/c1-26-11-15(10-13-2-6-16(22)7-3-13)20-18(12-26)19(24-21(27)25-20)14-4-8-17(23)9-5-14/h2-10,19H,11-12H2,1H3,(H2,24,25,27)/p+1/b15-10+/t19-/m0/s1. The molecule has 2 aliphatic heterocycles. The van der Waals surface area contributed by atoms with E-state index in [0.717, 1.165) is 35.5 Å². The molecule has 2 aromatic carbocycles. The summed E-state index contributed by atoms with van der Waals surface area (Å²) in [5, 5.41) is 7.16. The highest BCUT2D eigenvalue weighted by atomic mass is 32.1. The van der Waals surface area contributed by atoms with Crippen molar-refractivity contribution in [3.8, 4) is 0 Å². The van der Waals surface area contributed by atoms with Gasteiger partial charge in [0.1, 0.15) is 24.7 Å². The molecule has 2 atom stereocenters. The molecule has 6 heteroatoms. The lowest BCUT2D eigenvalue weighted by Gasteiger charge is -2.37. The Kier molecular flexibility index (Phi) is 4.76. The normalized spacial score (nSPS) is 23.7. The average Bonchev–Trinajstić information content (AvgIpc) is 2.64. The highest BCUT2D eigenvalue weighted by Gasteiger charge is 2.34. The Labute approximate surface area is 162 Å². The second-order valence-electron chi connectivity index (χ2n) is 7.02. The Hall–Kier alpha value is -2.57. The molecule has 0 amide bonds. The van der Waals surface area contributed by atoms with Crippen LogP contribution in [0.15, 0.2) is 65.4 Å². The van der Waals surface area contributed by atoms with E-state index in [1.807, 2.05) is 0 Å². The highest BCUT2D eigenvalue weighted by Crippen LogP contribution is 2.30. The first-order chi connectivity index (χ1) is 13.0. The van der Waals surface area contributed by atoms with Gasteiger partial charge in [0.25, 0.3) is 0 Å². The maximum absolute atomic E-state index is 13.3. The number of thiocarbonyl (C=S) groups is 1. The minimum Gasteiger partial charge on any atom is -0.352 e. The van der Waals surface area contributed by atoms with Gasteiger partial charge in [-0.15, -0.1) is 0 Å². The van der Waals surface area contributed by atoms with Gasteiger partial charge >= 0.3 is 0 Å². The third kappa shape index (κ3) is 3.77. The minimum atomic E-state index is -0.257. The molecular weight excluding hydrogens is 364 g/mol. The molecule has 0 fully saturated rings. The maximum atomic E-state index is 13.3. The van der Waals surface area contributed by atoms with E-state index in [0.29, 0.717) is 5.11 Å². The lowest BCUT2D eigenvalue weighted by Crippen LogP contribution is -3.10. The van der Waals surface area contributed by atoms with Crippen molar-refractivity contribution in [2.45, 2.75) is 6.04 Å². The van der Waals surface area contributed by atoms with Crippen LogP contribution in [0.3, 0.4) is 0 Å². The van der Waals surface area contributed by atoms with Crippen LogP contribution in [-0.4, -0.2) is 25.2 Å². The van der Waals surface area contributed by atoms with E-state index < -0.39 is 0 Å². The van der Waals surface area contributed by atoms with E-state index in [4.69, 9.17) is 12.2 Å². The molecule has 2 heterocycles. The molecule has 0 saturated heterocycles.